The minimum absolute atomic E-state index is 0.106. The van der Waals surface area contributed by atoms with Crippen LogP contribution in [-0.2, 0) is 11.3 Å². The molecular weight excluding hydrogens is 461 g/mol. The highest BCUT2D eigenvalue weighted by Gasteiger charge is 2.44. The molecule has 5 rings (SSSR count). The molecule has 1 N–H and O–H groups in total. The van der Waals surface area contributed by atoms with Gasteiger partial charge in [0.25, 0.3) is 0 Å². The summed E-state index contributed by atoms with van der Waals surface area (Å²) in [5.41, 5.74) is 1.84. The highest BCUT2D eigenvalue weighted by atomic mass is 35.5. The number of carbonyl (C=O) groups excluding carboxylic acids is 1. The lowest BCUT2D eigenvalue weighted by atomic mass is 10.0. The second-order valence-electron chi connectivity index (χ2n) is 8.84. The molecule has 1 amide bonds. The fraction of sp³-hybridized carbons (Fsp3) is 0.417. The van der Waals surface area contributed by atoms with Crippen LogP contribution in [0.2, 0.25) is 10.0 Å². The van der Waals surface area contributed by atoms with Crippen LogP contribution in [-0.4, -0.2) is 45.1 Å². The maximum atomic E-state index is 12.6. The number of aromatic nitrogens is 3. The van der Waals surface area contributed by atoms with Crippen molar-refractivity contribution in [1.29, 1.82) is 0 Å². The minimum atomic E-state index is 0.106. The van der Waals surface area contributed by atoms with E-state index in [-0.39, 0.29) is 23.8 Å². The summed E-state index contributed by atoms with van der Waals surface area (Å²) >= 11 is 12.1. The van der Waals surface area contributed by atoms with Gasteiger partial charge in [-0.05, 0) is 55.0 Å². The molecule has 2 atom stereocenters. The van der Waals surface area contributed by atoms with Crippen LogP contribution in [0.25, 0.3) is 11.5 Å². The number of nitrogens with zero attached hydrogens (tertiary/aromatic N) is 4. The fourth-order valence-corrected chi connectivity index (χ4v) is 4.74. The van der Waals surface area contributed by atoms with Crippen LogP contribution in [0.15, 0.2) is 47.1 Å². The second kappa shape index (κ2) is 9.79. The Morgan fingerprint density at radius 2 is 2.00 bits per heavy atom. The Morgan fingerprint density at radius 1 is 1.15 bits per heavy atom. The average molecular weight is 486 g/mol. The number of carbonyl (C=O) groups is 1. The lowest BCUT2D eigenvalue weighted by Crippen LogP contribution is -2.44. The SMILES string of the molecule is O=C(C[C@@H]1C[C@@H]1c1nc(-c2ccccn2)no1)NC1CCN(Cc2ccc(Cl)c(Cl)c2)CC1. The molecule has 2 fully saturated rings. The number of pyridine rings is 1. The summed E-state index contributed by atoms with van der Waals surface area (Å²) in [7, 11) is 0. The molecule has 9 heteroatoms. The zero-order valence-corrected chi connectivity index (χ0v) is 19.6. The van der Waals surface area contributed by atoms with Crippen LogP contribution >= 0.6 is 23.2 Å². The first-order valence-corrected chi connectivity index (χ1v) is 12.0. The molecule has 1 aromatic carbocycles. The van der Waals surface area contributed by atoms with E-state index in [0.717, 1.165) is 44.5 Å². The molecule has 0 spiro atoms. The first-order valence-electron chi connectivity index (χ1n) is 11.3. The molecule has 2 aromatic heterocycles. The van der Waals surface area contributed by atoms with Crippen molar-refractivity contribution in [2.24, 2.45) is 5.92 Å². The van der Waals surface area contributed by atoms with Gasteiger partial charge in [0.15, 0.2) is 0 Å². The zero-order valence-electron chi connectivity index (χ0n) is 18.1. The first kappa shape index (κ1) is 22.3. The lowest BCUT2D eigenvalue weighted by Gasteiger charge is -2.32. The van der Waals surface area contributed by atoms with E-state index < -0.39 is 0 Å². The minimum Gasteiger partial charge on any atom is -0.353 e. The van der Waals surface area contributed by atoms with E-state index in [4.69, 9.17) is 27.7 Å². The predicted molar refractivity (Wildman–Crippen MR) is 126 cm³/mol. The average Bonchev–Trinajstić information content (AvgIpc) is 3.39. The largest absolute Gasteiger partial charge is 0.353 e. The van der Waals surface area contributed by atoms with E-state index in [1.54, 1.807) is 6.20 Å². The number of hydrogen-bond acceptors (Lipinski definition) is 6. The Kier molecular flexibility index (Phi) is 6.62. The van der Waals surface area contributed by atoms with Crippen LogP contribution < -0.4 is 5.32 Å². The van der Waals surface area contributed by atoms with E-state index in [1.165, 1.54) is 0 Å². The van der Waals surface area contributed by atoms with Gasteiger partial charge in [0.1, 0.15) is 5.69 Å². The smallest absolute Gasteiger partial charge is 0.230 e. The van der Waals surface area contributed by atoms with Crippen molar-refractivity contribution < 1.29 is 9.32 Å². The molecular formula is C24H25Cl2N5O2. The van der Waals surface area contributed by atoms with E-state index in [9.17, 15) is 4.79 Å². The van der Waals surface area contributed by atoms with E-state index in [0.29, 0.717) is 33.9 Å². The summed E-state index contributed by atoms with van der Waals surface area (Å²) in [4.78, 5) is 23.7. The van der Waals surface area contributed by atoms with Crippen molar-refractivity contribution in [3.63, 3.8) is 0 Å². The van der Waals surface area contributed by atoms with Gasteiger partial charge in [0.2, 0.25) is 17.6 Å². The number of amides is 1. The van der Waals surface area contributed by atoms with Crippen LogP contribution in [0.1, 0.15) is 43.1 Å². The van der Waals surface area contributed by atoms with E-state index >= 15 is 0 Å². The molecule has 1 saturated carbocycles. The van der Waals surface area contributed by atoms with Gasteiger partial charge < -0.3 is 9.84 Å². The molecule has 2 aliphatic rings. The normalized spacial score (nSPS) is 21.2. The Labute approximate surface area is 202 Å². The van der Waals surface area contributed by atoms with Crippen molar-refractivity contribution >= 4 is 29.1 Å². The third-order valence-corrected chi connectivity index (χ3v) is 7.11. The second-order valence-corrected chi connectivity index (χ2v) is 9.66. The molecule has 1 aliphatic heterocycles. The number of hydrogen-bond donors (Lipinski definition) is 1. The Morgan fingerprint density at radius 3 is 2.76 bits per heavy atom. The molecule has 0 unspecified atom stereocenters. The van der Waals surface area contributed by atoms with Crippen molar-refractivity contribution in [3.8, 4) is 11.5 Å². The van der Waals surface area contributed by atoms with Crippen molar-refractivity contribution in [2.75, 3.05) is 13.1 Å². The highest BCUT2D eigenvalue weighted by molar-refractivity contribution is 6.42. The third-order valence-electron chi connectivity index (χ3n) is 6.37. The van der Waals surface area contributed by atoms with Gasteiger partial charge in [0, 0.05) is 44.2 Å². The summed E-state index contributed by atoms with van der Waals surface area (Å²) in [5, 5.41) is 8.41. The van der Waals surface area contributed by atoms with Crippen molar-refractivity contribution in [2.45, 2.75) is 44.2 Å². The van der Waals surface area contributed by atoms with Crippen LogP contribution in [0.3, 0.4) is 0 Å². The molecule has 0 radical (unpaired) electrons. The number of piperidine rings is 1. The Balaban J connectivity index is 1.05. The maximum Gasteiger partial charge on any atom is 0.230 e. The Bertz CT molecular complexity index is 1120. The molecule has 3 heterocycles. The highest BCUT2D eigenvalue weighted by Crippen LogP contribution is 2.49. The number of benzene rings is 1. The van der Waals surface area contributed by atoms with E-state index in [1.807, 2.05) is 36.4 Å². The maximum absolute atomic E-state index is 12.6. The first-order chi connectivity index (χ1) is 16.0. The number of nitrogens with one attached hydrogen (secondary N) is 1. The number of rotatable bonds is 7. The van der Waals surface area contributed by atoms with Gasteiger partial charge in [-0.2, -0.15) is 4.98 Å². The molecule has 172 valence electrons. The molecule has 33 heavy (non-hydrogen) atoms. The lowest BCUT2D eigenvalue weighted by molar-refractivity contribution is -0.122. The van der Waals surface area contributed by atoms with Gasteiger partial charge in [-0.25, -0.2) is 0 Å². The molecule has 1 saturated heterocycles. The fourth-order valence-electron chi connectivity index (χ4n) is 4.42. The van der Waals surface area contributed by atoms with Crippen LogP contribution in [0, 0.1) is 5.92 Å². The quantitative estimate of drug-likeness (QED) is 0.521. The topological polar surface area (TPSA) is 84.1 Å². The van der Waals surface area contributed by atoms with Crippen molar-refractivity contribution in [3.05, 3.63) is 64.1 Å². The zero-order chi connectivity index (χ0) is 22.8. The van der Waals surface area contributed by atoms with E-state index in [2.05, 4.69) is 25.3 Å². The monoisotopic (exact) mass is 485 g/mol. The Hall–Kier alpha value is -2.48. The van der Waals surface area contributed by atoms with Gasteiger partial charge in [-0.15, -0.1) is 0 Å². The summed E-state index contributed by atoms with van der Waals surface area (Å²) in [5.74, 6) is 1.62. The summed E-state index contributed by atoms with van der Waals surface area (Å²) < 4.78 is 5.43. The standard InChI is InChI=1S/C24H25Cl2N5O2/c25-19-5-4-15(11-20(19)26)14-31-9-6-17(7-10-31)28-22(32)13-16-12-18(16)24-29-23(30-33-24)21-3-1-2-8-27-21/h1-5,8,11,16-18H,6-7,9-10,12-14H2,(H,28,32)/t16-,18-/m0/s1. The molecule has 7 nitrogen and oxygen atoms in total. The van der Waals surface area contributed by atoms with Crippen LogP contribution in [0.5, 0.6) is 0 Å². The van der Waals surface area contributed by atoms with Gasteiger partial charge in [0.05, 0.1) is 10.0 Å². The van der Waals surface area contributed by atoms with Gasteiger partial charge >= 0.3 is 0 Å². The molecule has 3 aromatic rings. The van der Waals surface area contributed by atoms with Gasteiger partial charge in [-0.1, -0.05) is 40.5 Å². The number of likely N-dealkylation sites (tertiary alicyclic amines) is 1. The summed E-state index contributed by atoms with van der Waals surface area (Å²) in [6.07, 6.45) is 4.98. The predicted octanol–water partition coefficient (Wildman–Crippen LogP) is 4.71. The molecule has 0 bridgehead atoms. The summed E-state index contributed by atoms with van der Waals surface area (Å²) in [6.45, 7) is 2.72. The third kappa shape index (κ3) is 5.54. The molecule has 1 aliphatic carbocycles. The van der Waals surface area contributed by atoms with Crippen LogP contribution in [0.4, 0.5) is 0 Å². The van der Waals surface area contributed by atoms with Crippen molar-refractivity contribution in [1.82, 2.24) is 25.3 Å². The number of halogens is 2. The van der Waals surface area contributed by atoms with Gasteiger partial charge in [-0.3, -0.25) is 14.7 Å². The summed E-state index contributed by atoms with van der Waals surface area (Å²) in [6, 6.07) is 11.6.